The number of anilines is 2. The van der Waals surface area contributed by atoms with Gasteiger partial charge in [-0.3, -0.25) is 0 Å². The third kappa shape index (κ3) is 6.29. The molecule has 0 aromatic heterocycles. The zero-order chi connectivity index (χ0) is 23.8. The van der Waals surface area contributed by atoms with E-state index in [1.165, 1.54) is 0 Å². The van der Waals surface area contributed by atoms with E-state index >= 15 is 0 Å². The summed E-state index contributed by atoms with van der Waals surface area (Å²) in [4.78, 5) is 12.9. The zero-order valence-electron chi connectivity index (χ0n) is 19.3. The molecule has 0 saturated carbocycles. The van der Waals surface area contributed by atoms with Crippen LogP contribution in [0.5, 0.6) is 0 Å². The summed E-state index contributed by atoms with van der Waals surface area (Å²) in [7, 11) is 7.99. The van der Waals surface area contributed by atoms with Crippen molar-refractivity contribution in [3.8, 4) is 12.1 Å². The van der Waals surface area contributed by atoms with Crippen LogP contribution in [-0.2, 0) is 0 Å². The minimum Gasteiger partial charge on any atom is -0.378 e. The van der Waals surface area contributed by atoms with Gasteiger partial charge in [0.15, 0.2) is 11.4 Å². The second-order valence-electron chi connectivity index (χ2n) is 7.94. The fourth-order valence-electron chi connectivity index (χ4n) is 3.16. The van der Waals surface area contributed by atoms with Crippen LogP contribution in [0.1, 0.15) is 17.5 Å². The van der Waals surface area contributed by atoms with Crippen molar-refractivity contribution in [2.24, 2.45) is 9.98 Å². The van der Waals surface area contributed by atoms with Gasteiger partial charge >= 0.3 is 0 Å². The van der Waals surface area contributed by atoms with Crippen LogP contribution in [0.2, 0.25) is 0 Å². The average molecular weight is 435 g/mol. The van der Waals surface area contributed by atoms with Crippen LogP contribution >= 0.6 is 0 Å². The summed E-state index contributed by atoms with van der Waals surface area (Å²) in [5.41, 5.74) is 5.66. The molecule has 0 atom stereocenters. The van der Waals surface area contributed by atoms with Gasteiger partial charge in [0.2, 0.25) is 0 Å². The van der Waals surface area contributed by atoms with Crippen molar-refractivity contribution in [2.75, 3.05) is 38.0 Å². The van der Waals surface area contributed by atoms with E-state index in [-0.39, 0.29) is 11.4 Å². The lowest BCUT2D eigenvalue weighted by Gasteiger charge is -2.11. The minimum atomic E-state index is 0.0267. The second kappa shape index (κ2) is 10.7. The predicted octanol–water partition coefficient (Wildman–Crippen LogP) is 5.09. The highest BCUT2D eigenvalue weighted by atomic mass is 15.1. The molecule has 0 amide bonds. The van der Waals surface area contributed by atoms with Crippen LogP contribution in [0.4, 0.5) is 11.4 Å². The molecule has 3 rings (SSSR count). The molecule has 0 fully saturated rings. The first-order valence-corrected chi connectivity index (χ1v) is 10.5. The van der Waals surface area contributed by atoms with Gasteiger partial charge in [-0.15, -0.1) is 0 Å². The van der Waals surface area contributed by atoms with E-state index in [0.29, 0.717) is 17.8 Å². The molecule has 0 spiro atoms. The Morgan fingerprint density at radius 1 is 0.636 bits per heavy atom. The Morgan fingerprint density at radius 2 is 1.00 bits per heavy atom. The van der Waals surface area contributed by atoms with Gasteiger partial charge in [0.1, 0.15) is 12.1 Å². The highest BCUT2D eigenvalue weighted by molar-refractivity contribution is 6.16. The summed E-state index contributed by atoms with van der Waals surface area (Å²) < 4.78 is 0. The van der Waals surface area contributed by atoms with E-state index in [0.717, 1.165) is 22.5 Å². The monoisotopic (exact) mass is 434 g/mol. The predicted molar refractivity (Wildman–Crippen MR) is 137 cm³/mol. The lowest BCUT2D eigenvalue weighted by atomic mass is 10.1. The third-order valence-corrected chi connectivity index (χ3v) is 5.06. The molecule has 0 saturated heterocycles. The van der Waals surface area contributed by atoms with Crippen molar-refractivity contribution in [3.05, 3.63) is 83.2 Å². The summed E-state index contributed by atoms with van der Waals surface area (Å²) >= 11 is 0. The highest BCUT2D eigenvalue weighted by Gasteiger charge is 2.13. The largest absolute Gasteiger partial charge is 0.378 e. The molecule has 6 heteroatoms. The van der Waals surface area contributed by atoms with Crippen LogP contribution in [0.15, 0.2) is 82.1 Å². The van der Waals surface area contributed by atoms with E-state index in [2.05, 4.69) is 9.98 Å². The molecule has 33 heavy (non-hydrogen) atoms. The number of hydrogen-bond acceptors (Lipinski definition) is 6. The summed E-state index contributed by atoms with van der Waals surface area (Å²) in [6, 6.07) is 20.3. The van der Waals surface area contributed by atoms with Gasteiger partial charge in [-0.2, -0.15) is 10.5 Å². The molecule has 2 aromatic rings. The molecule has 0 aliphatic carbocycles. The molecule has 0 unspecified atom stereocenters. The lowest BCUT2D eigenvalue weighted by Crippen LogP contribution is -2.08. The first-order valence-electron chi connectivity index (χ1n) is 10.5. The van der Waals surface area contributed by atoms with Crippen molar-refractivity contribution in [1.82, 2.24) is 0 Å². The van der Waals surface area contributed by atoms with Gasteiger partial charge in [0, 0.05) is 57.4 Å². The molecule has 2 aromatic carbocycles. The molecule has 1 heterocycles. The maximum Gasteiger partial charge on any atom is 0.177 e. The van der Waals surface area contributed by atoms with Crippen molar-refractivity contribution >= 4 is 35.0 Å². The smallest absolute Gasteiger partial charge is 0.177 e. The Kier molecular flexibility index (Phi) is 7.57. The summed E-state index contributed by atoms with van der Waals surface area (Å²) in [5, 5.41) is 19.0. The quantitative estimate of drug-likeness (QED) is 0.634. The number of hydrogen-bond donors (Lipinski definition) is 0. The Hall–Kier alpha value is -4.42. The number of allylic oxidation sites excluding steroid dienone is 4. The summed E-state index contributed by atoms with van der Waals surface area (Å²) in [5.74, 6) is 0. The molecule has 1 aliphatic rings. The Labute approximate surface area is 195 Å². The normalized spacial score (nSPS) is 13.9. The van der Waals surface area contributed by atoms with E-state index in [9.17, 15) is 10.5 Å². The minimum absolute atomic E-state index is 0.0267. The Balaban J connectivity index is 1.86. The molecule has 1 aliphatic heterocycles. The van der Waals surface area contributed by atoms with Gasteiger partial charge in [0.25, 0.3) is 0 Å². The number of nitriles is 2. The van der Waals surface area contributed by atoms with Crippen LogP contribution in [0, 0.1) is 22.7 Å². The van der Waals surface area contributed by atoms with Crippen molar-refractivity contribution in [2.45, 2.75) is 6.42 Å². The van der Waals surface area contributed by atoms with E-state index < -0.39 is 0 Å². The first-order chi connectivity index (χ1) is 15.9. The Morgan fingerprint density at radius 3 is 1.30 bits per heavy atom. The molecule has 6 nitrogen and oxygen atoms in total. The standard InChI is InChI=1S/C27H26N6/c1-32(2)24-13-7-20(8-14-24)5-11-22-17-23(31-27(19-29)26(18-28)30-22)12-6-21-9-15-25(16-10-21)33(3)4/h5-16H,17H2,1-4H3/b11-5+,12-6+. The number of aliphatic imine (C=N–C) groups is 2. The Bertz CT molecular complexity index is 1130. The van der Waals surface area contributed by atoms with Crippen molar-refractivity contribution < 1.29 is 0 Å². The second-order valence-corrected chi connectivity index (χ2v) is 7.94. The van der Waals surface area contributed by atoms with Crippen molar-refractivity contribution in [1.29, 1.82) is 10.5 Å². The maximum absolute atomic E-state index is 9.48. The average Bonchev–Trinajstić information content (AvgIpc) is 3.00. The van der Waals surface area contributed by atoms with Gasteiger partial charge in [-0.1, -0.05) is 36.4 Å². The summed E-state index contributed by atoms with van der Waals surface area (Å²) in [6.07, 6.45) is 8.06. The van der Waals surface area contributed by atoms with Crippen LogP contribution in [0.25, 0.3) is 12.2 Å². The van der Waals surface area contributed by atoms with E-state index in [1.54, 1.807) is 0 Å². The summed E-state index contributed by atoms with van der Waals surface area (Å²) in [6.45, 7) is 0. The third-order valence-electron chi connectivity index (χ3n) is 5.06. The topological polar surface area (TPSA) is 78.8 Å². The first kappa shape index (κ1) is 23.2. The molecule has 0 radical (unpaired) electrons. The van der Waals surface area contributed by atoms with E-state index in [1.807, 2.05) is 123 Å². The SMILES string of the molecule is CN(C)c1ccc(/C=C/C2=NC(C#N)=C(C#N)N=C(/C=C/c3ccc(N(C)C)cc3)C2)cc1. The number of benzene rings is 2. The molecule has 0 bridgehead atoms. The van der Waals surface area contributed by atoms with Crippen LogP contribution in [0.3, 0.4) is 0 Å². The van der Waals surface area contributed by atoms with Crippen LogP contribution < -0.4 is 9.80 Å². The van der Waals surface area contributed by atoms with Gasteiger partial charge in [0.05, 0.1) is 0 Å². The number of rotatable bonds is 6. The zero-order valence-corrected chi connectivity index (χ0v) is 19.3. The maximum atomic E-state index is 9.48. The fraction of sp³-hybridized carbons (Fsp3) is 0.185. The molecule has 164 valence electrons. The highest BCUT2D eigenvalue weighted by Crippen LogP contribution is 2.18. The van der Waals surface area contributed by atoms with Crippen molar-refractivity contribution in [3.63, 3.8) is 0 Å². The van der Waals surface area contributed by atoms with Crippen LogP contribution in [-0.4, -0.2) is 39.6 Å². The van der Waals surface area contributed by atoms with Gasteiger partial charge in [-0.05, 0) is 47.5 Å². The fourth-order valence-corrected chi connectivity index (χ4v) is 3.16. The van der Waals surface area contributed by atoms with Gasteiger partial charge in [-0.25, -0.2) is 9.98 Å². The number of nitrogens with zero attached hydrogens (tertiary/aromatic N) is 6. The van der Waals surface area contributed by atoms with Gasteiger partial charge < -0.3 is 9.80 Å². The lowest BCUT2D eigenvalue weighted by molar-refractivity contribution is 1.13. The molecule has 0 N–H and O–H groups in total. The molecular weight excluding hydrogens is 408 g/mol. The molecular formula is C27H26N6. The van der Waals surface area contributed by atoms with E-state index in [4.69, 9.17) is 0 Å².